The minimum Gasteiger partial charge on any atom is -0.309 e. The van der Waals surface area contributed by atoms with E-state index in [1.807, 2.05) is 0 Å². The Morgan fingerprint density at radius 3 is 2.94 bits per heavy atom. The van der Waals surface area contributed by atoms with Crippen molar-refractivity contribution in [3.05, 3.63) is 33.8 Å². The van der Waals surface area contributed by atoms with Crippen LogP contribution in [-0.4, -0.2) is 11.8 Å². The first-order chi connectivity index (χ1) is 8.27. The Bertz CT molecular complexity index is 380. The summed E-state index contributed by atoms with van der Waals surface area (Å²) in [4.78, 5) is 0. The quantitative estimate of drug-likeness (QED) is 0.877. The molecule has 0 saturated carbocycles. The number of halogens is 1. The fourth-order valence-electron chi connectivity index (χ4n) is 2.40. The van der Waals surface area contributed by atoms with Gasteiger partial charge in [-0.15, -0.1) is 0 Å². The summed E-state index contributed by atoms with van der Waals surface area (Å²) in [5, 5.41) is 4.43. The Morgan fingerprint density at radius 1 is 1.41 bits per heavy atom. The van der Waals surface area contributed by atoms with Crippen molar-refractivity contribution in [2.75, 3.05) is 6.54 Å². The normalized spacial score (nSPS) is 23.5. The van der Waals surface area contributed by atoms with Crippen LogP contribution in [0.5, 0.6) is 0 Å². The van der Waals surface area contributed by atoms with Gasteiger partial charge in [-0.2, -0.15) is 11.8 Å². The zero-order valence-electron chi connectivity index (χ0n) is 10.5. The molecule has 2 unspecified atom stereocenters. The Labute approximate surface area is 117 Å². The van der Waals surface area contributed by atoms with Gasteiger partial charge in [-0.05, 0) is 36.6 Å². The summed E-state index contributed by atoms with van der Waals surface area (Å²) in [7, 11) is 0. The van der Waals surface area contributed by atoms with Gasteiger partial charge in [0, 0.05) is 21.5 Å². The smallest absolute Gasteiger partial charge is 0.0444 e. The van der Waals surface area contributed by atoms with Gasteiger partial charge >= 0.3 is 0 Å². The minimum absolute atomic E-state index is 0.520. The van der Waals surface area contributed by atoms with Crippen LogP contribution in [0.15, 0.2) is 22.7 Å². The minimum atomic E-state index is 0.520. The van der Waals surface area contributed by atoms with Gasteiger partial charge < -0.3 is 5.32 Å². The molecule has 0 amide bonds. The largest absolute Gasteiger partial charge is 0.309 e. The molecule has 1 aliphatic heterocycles. The molecule has 3 heteroatoms. The number of hydrogen-bond acceptors (Lipinski definition) is 2. The van der Waals surface area contributed by atoms with Crippen LogP contribution in [0, 0.1) is 0 Å². The molecule has 0 saturated heterocycles. The zero-order valence-corrected chi connectivity index (χ0v) is 12.9. The molecular formula is C14H20BrNS. The Balaban J connectivity index is 2.29. The lowest BCUT2D eigenvalue weighted by atomic mass is 9.96. The molecule has 0 aromatic heterocycles. The highest BCUT2D eigenvalue weighted by Gasteiger charge is 2.29. The molecule has 0 bridgehead atoms. The molecular weight excluding hydrogens is 294 g/mol. The van der Waals surface area contributed by atoms with Gasteiger partial charge in [0.2, 0.25) is 0 Å². The van der Waals surface area contributed by atoms with Gasteiger partial charge in [0.1, 0.15) is 0 Å². The highest BCUT2D eigenvalue weighted by Crippen LogP contribution is 2.41. The maximum Gasteiger partial charge on any atom is 0.0444 e. The maximum atomic E-state index is 3.71. The molecule has 1 heterocycles. The van der Waals surface area contributed by atoms with Crippen molar-refractivity contribution in [2.24, 2.45) is 0 Å². The predicted octanol–water partition coefficient (Wildman–Crippen LogP) is 4.52. The number of hydrogen-bond donors (Lipinski definition) is 1. The first-order valence-electron chi connectivity index (χ1n) is 6.40. The van der Waals surface area contributed by atoms with Crippen molar-refractivity contribution in [1.29, 1.82) is 0 Å². The molecule has 1 aromatic rings. The standard InChI is InChI=1S/C14H20BrNS/c1-3-8-16-14-10-6-5-7-12(15)11(10)9-17-13(14)4-2/h5-7,13-14,16H,3-4,8-9H2,1-2H3. The zero-order chi connectivity index (χ0) is 12.3. The summed E-state index contributed by atoms with van der Waals surface area (Å²) in [5.74, 6) is 1.14. The molecule has 0 spiro atoms. The summed E-state index contributed by atoms with van der Waals surface area (Å²) in [6, 6.07) is 7.12. The Morgan fingerprint density at radius 2 is 2.24 bits per heavy atom. The summed E-state index contributed by atoms with van der Waals surface area (Å²) < 4.78 is 1.26. The summed E-state index contributed by atoms with van der Waals surface area (Å²) >= 11 is 5.76. The lowest BCUT2D eigenvalue weighted by Crippen LogP contribution is -2.33. The second kappa shape index (κ2) is 6.26. The third-order valence-electron chi connectivity index (χ3n) is 3.32. The molecule has 2 atom stereocenters. The molecule has 0 radical (unpaired) electrons. The van der Waals surface area contributed by atoms with E-state index in [1.54, 1.807) is 0 Å². The highest BCUT2D eigenvalue weighted by atomic mass is 79.9. The van der Waals surface area contributed by atoms with E-state index >= 15 is 0 Å². The van der Waals surface area contributed by atoms with Gasteiger partial charge in [0.05, 0.1) is 0 Å². The van der Waals surface area contributed by atoms with E-state index in [-0.39, 0.29) is 0 Å². The second-order valence-corrected chi connectivity index (χ2v) is 6.58. The summed E-state index contributed by atoms with van der Waals surface area (Å²) in [6.07, 6.45) is 2.43. The molecule has 2 rings (SSSR count). The number of nitrogens with one attached hydrogen (secondary N) is 1. The van der Waals surface area contributed by atoms with E-state index in [9.17, 15) is 0 Å². The third kappa shape index (κ3) is 2.88. The predicted molar refractivity (Wildman–Crippen MR) is 80.6 cm³/mol. The number of benzene rings is 1. The average molecular weight is 314 g/mol. The maximum absolute atomic E-state index is 3.71. The molecule has 94 valence electrons. The van der Waals surface area contributed by atoms with Crippen molar-refractivity contribution in [3.8, 4) is 0 Å². The van der Waals surface area contributed by atoms with E-state index in [0.717, 1.165) is 12.3 Å². The molecule has 0 fully saturated rings. The number of rotatable bonds is 4. The summed E-state index contributed by atoms with van der Waals surface area (Å²) in [5.41, 5.74) is 2.98. The van der Waals surface area contributed by atoms with Gasteiger partial charge in [-0.25, -0.2) is 0 Å². The van der Waals surface area contributed by atoms with Gasteiger partial charge in [0.15, 0.2) is 0 Å². The first kappa shape index (κ1) is 13.4. The first-order valence-corrected chi connectivity index (χ1v) is 8.24. The van der Waals surface area contributed by atoms with E-state index in [4.69, 9.17) is 0 Å². The lowest BCUT2D eigenvalue weighted by Gasteiger charge is -2.34. The van der Waals surface area contributed by atoms with E-state index < -0.39 is 0 Å². The van der Waals surface area contributed by atoms with Crippen LogP contribution in [0.1, 0.15) is 43.9 Å². The Hall–Kier alpha value is 0.01000. The number of thioether (sulfide) groups is 1. The topological polar surface area (TPSA) is 12.0 Å². The average Bonchev–Trinajstić information content (AvgIpc) is 2.36. The molecule has 1 nitrogen and oxygen atoms in total. The van der Waals surface area contributed by atoms with Crippen LogP contribution in [0.2, 0.25) is 0 Å². The SMILES string of the molecule is CCCNC1c2cccc(Br)c2CSC1CC. The fourth-order valence-corrected chi connectivity index (χ4v) is 4.48. The van der Waals surface area contributed by atoms with E-state index in [1.165, 1.54) is 28.4 Å². The molecule has 1 aromatic carbocycles. The van der Waals surface area contributed by atoms with E-state index in [2.05, 4.69) is 65.1 Å². The van der Waals surface area contributed by atoms with Gasteiger partial charge in [-0.1, -0.05) is 41.9 Å². The van der Waals surface area contributed by atoms with Crippen LogP contribution in [0.3, 0.4) is 0 Å². The van der Waals surface area contributed by atoms with Crippen molar-refractivity contribution in [3.63, 3.8) is 0 Å². The molecule has 1 aliphatic rings. The van der Waals surface area contributed by atoms with Crippen molar-refractivity contribution >= 4 is 27.7 Å². The van der Waals surface area contributed by atoms with E-state index in [0.29, 0.717) is 11.3 Å². The number of fused-ring (bicyclic) bond motifs is 1. The van der Waals surface area contributed by atoms with Crippen molar-refractivity contribution in [2.45, 2.75) is 43.7 Å². The van der Waals surface area contributed by atoms with Crippen LogP contribution < -0.4 is 5.32 Å². The second-order valence-electron chi connectivity index (χ2n) is 4.50. The van der Waals surface area contributed by atoms with Crippen LogP contribution >= 0.6 is 27.7 Å². The highest BCUT2D eigenvalue weighted by molar-refractivity contribution is 9.10. The lowest BCUT2D eigenvalue weighted by molar-refractivity contribution is 0.498. The molecule has 17 heavy (non-hydrogen) atoms. The molecule has 0 aliphatic carbocycles. The Kier molecular flexibility index (Phi) is 4.95. The molecule has 1 N–H and O–H groups in total. The van der Waals surface area contributed by atoms with Crippen molar-refractivity contribution in [1.82, 2.24) is 5.32 Å². The van der Waals surface area contributed by atoms with Crippen molar-refractivity contribution < 1.29 is 0 Å². The monoisotopic (exact) mass is 313 g/mol. The van der Waals surface area contributed by atoms with Crippen LogP contribution in [0.25, 0.3) is 0 Å². The summed E-state index contributed by atoms with van der Waals surface area (Å²) in [6.45, 7) is 5.63. The fraction of sp³-hybridized carbons (Fsp3) is 0.571. The van der Waals surface area contributed by atoms with Crippen LogP contribution in [-0.2, 0) is 5.75 Å². The third-order valence-corrected chi connectivity index (χ3v) is 5.55. The van der Waals surface area contributed by atoms with Gasteiger partial charge in [-0.3, -0.25) is 0 Å². The van der Waals surface area contributed by atoms with Crippen LogP contribution in [0.4, 0.5) is 0 Å². The van der Waals surface area contributed by atoms with Gasteiger partial charge in [0.25, 0.3) is 0 Å².